The van der Waals surface area contributed by atoms with Crippen LogP contribution in [0.5, 0.6) is 23.0 Å². The van der Waals surface area contributed by atoms with Gasteiger partial charge in [-0.25, -0.2) is 0 Å². The van der Waals surface area contributed by atoms with E-state index in [1.165, 1.54) is 0 Å². The van der Waals surface area contributed by atoms with Gasteiger partial charge in [-0.15, -0.1) is 0 Å². The van der Waals surface area contributed by atoms with Gasteiger partial charge in [0.05, 0.1) is 14.2 Å². The Kier molecular flexibility index (Phi) is 9.17. The summed E-state index contributed by atoms with van der Waals surface area (Å²) in [6.45, 7) is 0.846. The molecule has 0 heterocycles. The molecular formula is C36H34O5. The molecule has 5 heteroatoms. The molecule has 1 fully saturated rings. The highest BCUT2D eigenvalue weighted by Gasteiger charge is 2.22. The molecular weight excluding hydrogens is 512 g/mol. The van der Waals surface area contributed by atoms with Gasteiger partial charge in [0.15, 0.2) is 5.78 Å². The summed E-state index contributed by atoms with van der Waals surface area (Å²) in [5.74, 6) is 2.81. The maximum atomic E-state index is 13.7. The van der Waals surface area contributed by atoms with Crippen molar-refractivity contribution in [3.05, 3.63) is 130 Å². The molecule has 1 saturated carbocycles. The molecule has 0 radical (unpaired) electrons. The number of carbonyl (C=O) groups is 1. The third-order valence-corrected chi connectivity index (χ3v) is 7.05. The first-order chi connectivity index (χ1) is 20.1. The van der Waals surface area contributed by atoms with Crippen LogP contribution in [0.15, 0.2) is 108 Å². The molecule has 4 aromatic rings. The molecule has 0 aromatic heterocycles. The predicted octanol–water partition coefficient (Wildman–Crippen LogP) is 8.08. The standard InChI is InChI=1S/C36H34O5/c1-38-32-18-16-28(34(22-32)40-24-26-10-5-3-6-11-26)20-30-14-9-15-31(36(30)37)21-29-17-19-33(39-2)23-35(29)41-25-27-12-7-4-8-13-27/h3-8,10-13,16-23H,9,14-15,24-25H2,1-2H3. The van der Waals surface area contributed by atoms with Gasteiger partial charge in [-0.1, -0.05) is 60.7 Å². The normalized spacial score (nSPS) is 15.1. The van der Waals surface area contributed by atoms with Crippen LogP contribution < -0.4 is 18.9 Å². The minimum Gasteiger partial charge on any atom is -0.497 e. The fourth-order valence-electron chi connectivity index (χ4n) is 4.80. The Morgan fingerprint density at radius 3 is 1.46 bits per heavy atom. The molecule has 4 aromatic carbocycles. The lowest BCUT2D eigenvalue weighted by molar-refractivity contribution is -0.112. The van der Waals surface area contributed by atoms with Gasteiger partial charge >= 0.3 is 0 Å². The van der Waals surface area contributed by atoms with Crippen molar-refractivity contribution in [2.45, 2.75) is 32.5 Å². The Morgan fingerprint density at radius 2 is 1.05 bits per heavy atom. The summed E-state index contributed by atoms with van der Waals surface area (Å²) in [6.07, 6.45) is 6.21. The van der Waals surface area contributed by atoms with Crippen LogP contribution in [0.2, 0.25) is 0 Å². The SMILES string of the molecule is COc1ccc(C=C2CCCC(=Cc3ccc(OC)cc3OCc3ccccc3)C2=O)c(OCc2ccccc2)c1. The first kappa shape index (κ1) is 27.8. The molecule has 0 spiro atoms. The summed E-state index contributed by atoms with van der Waals surface area (Å²) in [6, 6.07) is 31.4. The smallest absolute Gasteiger partial charge is 0.185 e. The Balaban J connectivity index is 1.40. The quantitative estimate of drug-likeness (QED) is 0.188. The Labute approximate surface area is 241 Å². The van der Waals surface area contributed by atoms with Gasteiger partial charge in [0.2, 0.25) is 0 Å². The number of rotatable bonds is 10. The van der Waals surface area contributed by atoms with Crippen LogP contribution in [-0.4, -0.2) is 20.0 Å². The monoisotopic (exact) mass is 546 g/mol. The number of methoxy groups -OCH3 is 2. The lowest BCUT2D eigenvalue weighted by atomic mass is 9.86. The summed E-state index contributed by atoms with van der Waals surface area (Å²) < 4.78 is 23.2. The molecule has 41 heavy (non-hydrogen) atoms. The lowest BCUT2D eigenvalue weighted by Gasteiger charge is -2.18. The molecule has 5 rings (SSSR count). The Morgan fingerprint density at radius 1 is 0.610 bits per heavy atom. The molecule has 208 valence electrons. The number of ether oxygens (including phenoxy) is 4. The molecule has 5 nitrogen and oxygen atoms in total. The highest BCUT2D eigenvalue weighted by Crippen LogP contribution is 2.34. The summed E-state index contributed by atoms with van der Waals surface area (Å²) >= 11 is 0. The number of allylic oxidation sites excluding steroid dienone is 2. The number of Topliss-reactive ketones (excluding diaryl/α,β-unsaturated/α-hetero) is 1. The van der Waals surface area contributed by atoms with Crippen LogP contribution in [0.4, 0.5) is 0 Å². The third kappa shape index (κ3) is 7.25. The van der Waals surface area contributed by atoms with Gasteiger partial charge in [0.1, 0.15) is 36.2 Å². The van der Waals surface area contributed by atoms with Crippen molar-refractivity contribution in [1.82, 2.24) is 0 Å². The van der Waals surface area contributed by atoms with Crippen LogP contribution in [0.25, 0.3) is 12.2 Å². The van der Waals surface area contributed by atoms with Gasteiger partial charge in [-0.3, -0.25) is 4.79 Å². The van der Waals surface area contributed by atoms with Crippen molar-refractivity contribution in [3.8, 4) is 23.0 Å². The fourth-order valence-corrected chi connectivity index (χ4v) is 4.80. The maximum absolute atomic E-state index is 13.7. The van der Waals surface area contributed by atoms with E-state index in [9.17, 15) is 4.79 Å². The van der Waals surface area contributed by atoms with E-state index in [2.05, 4.69) is 0 Å². The second kappa shape index (κ2) is 13.5. The number of hydrogen-bond acceptors (Lipinski definition) is 5. The van der Waals surface area contributed by atoms with Crippen molar-refractivity contribution < 1.29 is 23.7 Å². The van der Waals surface area contributed by atoms with E-state index >= 15 is 0 Å². The summed E-state index contributed by atoms with van der Waals surface area (Å²) in [4.78, 5) is 13.7. The molecule has 0 unspecified atom stereocenters. The first-order valence-electron chi connectivity index (χ1n) is 13.8. The van der Waals surface area contributed by atoms with Gasteiger partial charge in [0.25, 0.3) is 0 Å². The minimum absolute atomic E-state index is 0.0471. The largest absolute Gasteiger partial charge is 0.497 e. The van der Waals surface area contributed by atoms with E-state index in [0.29, 0.717) is 49.1 Å². The summed E-state index contributed by atoms with van der Waals surface area (Å²) in [5.41, 5.74) is 5.36. The zero-order chi connectivity index (χ0) is 28.4. The summed E-state index contributed by atoms with van der Waals surface area (Å²) in [7, 11) is 3.26. The second-order valence-corrected chi connectivity index (χ2v) is 9.88. The average Bonchev–Trinajstić information content (AvgIpc) is 3.02. The zero-order valence-corrected chi connectivity index (χ0v) is 23.5. The molecule has 0 saturated heterocycles. The molecule has 1 aliphatic carbocycles. The van der Waals surface area contributed by atoms with E-state index in [1.54, 1.807) is 14.2 Å². The lowest BCUT2D eigenvalue weighted by Crippen LogP contribution is -2.12. The van der Waals surface area contributed by atoms with E-state index in [-0.39, 0.29) is 5.78 Å². The fraction of sp³-hybridized carbons (Fsp3) is 0.194. The van der Waals surface area contributed by atoms with Crippen molar-refractivity contribution in [2.24, 2.45) is 0 Å². The zero-order valence-electron chi connectivity index (χ0n) is 23.5. The van der Waals surface area contributed by atoms with Crippen molar-refractivity contribution in [3.63, 3.8) is 0 Å². The first-order valence-corrected chi connectivity index (χ1v) is 13.8. The van der Waals surface area contributed by atoms with Crippen LogP contribution in [0.1, 0.15) is 41.5 Å². The van der Waals surface area contributed by atoms with Gasteiger partial charge < -0.3 is 18.9 Å². The Hall–Kier alpha value is -4.77. The minimum atomic E-state index is 0.0471. The van der Waals surface area contributed by atoms with Gasteiger partial charge in [-0.05, 0) is 66.8 Å². The second-order valence-electron chi connectivity index (χ2n) is 9.88. The average molecular weight is 547 g/mol. The maximum Gasteiger partial charge on any atom is 0.185 e. The number of benzene rings is 4. The molecule has 0 atom stereocenters. The van der Waals surface area contributed by atoms with Crippen molar-refractivity contribution in [2.75, 3.05) is 14.2 Å². The Bertz CT molecular complexity index is 1420. The topological polar surface area (TPSA) is 54.0 Å². The summed E-state index contributed by atoms with van der Waals surface area (Å²) in [5, 5.41) is 0. The third-order valence-electron chi connectivity index (χ3n) is 7.05. The van der Waals surface area contributed by atoms with E-state index in [4.69, 9.17) is 18.9 Å². The highest BCUT2D eigenvalue weighted by molar-refractivity contribution is 6.14. The van der Waals surface area contributed by atoms with E-state index in [0.717, 1.165) is 39.8 Å². The van der Waals surface area contributed by atoms with Crippen LogP contribution in [-0.2, 0) is 18.0 Å². The molecule has 0 aliphatic heterocycles. The number of ketones is 1. The van der Waals surface area contributed by atoms with Gasteiger partial charge in [-0.2, -0.15) is 0 Å². The molecule has 0 bridgehead atoms. The number of hydrogen-bond donors (Lipinski definition) is 0. The predicted molar refractivity (Wildman–Crippen MR) is 162 cm³/mol. The molecule has 0 amide bonds. The number of carbonyl (C=O) groups excluding carboxylic acids is 1. The molecule has 0 N–H and O–H groups in total. The van der Waals surface area contributed by atoms with Gasteiger partial charge in [0, 0.05) is 34.4 Å². The van der Waals surface area contributed by atoms with Crippen molar-refractivity contribution in [1.29, 1.82) is 0 Å². The van der Waals surface area contributed by atoms with E-state index in [1.807, 2.05) is 109 Å². The highest BCUT2D eigenvalue weighted by atomic mass is 16.5. The molecule has 1 aliphatic rings. The van der Waals surface area contributed by atoms with Crippen LogP contribution in [0, 0.1) is 0 Å². The van der Waals surface area contributed by atoms with Crippen LogP contribution >= 0.6 is 0 Å². The van der Waals surface area contributed by atoms with E-state index < -0.39 is 0 Å². The van der Waals surface area contributed by atoms with Crippen molar-refractivity contribution >= 4 is 17.9 Å². The van der Waals surface area contributed by atoms with Crippen LogP contribution in [0.3, 0.4) is 0 Å².